The van der Waals surface area contributed by atoms with Crippen LogP contribution in [0.3, 0.4) is 0 Å². The number of amides is 1. The van der Waals surface area contributed by atoms with Crippen molar-refractivity contribution in [2.75, 3.05) is 18.5 Å². The molecule has 0 aliphatic carbocycles. The number of carbonyl (C=O) groups excluding carboxylic acids is 1. The van der Waals surface area contributed by atoms with Crippen LogP contribution in [0.1, 0.15) is 11.1 Å². The third-order valence-corrected chi connectivity index (χ3v) is 5.74. The average Bonchev–Trinajstić information content (AvgIpc) is 3.10. The zero-order valence-electron chi connectivity index (χ0n) is 14.9. The standard InChI is InChI=1S/C19H18F2N2O4S/c1-22-28(25,26)15-7-8-16-14(12-15)10-11-23(16)18(24)9-6-13-4-2-3-5-17(13)27-19(20)21/h2-9,12,19,22H,10-11H2,1H3/b9-6+. The predicted octanol–water partition coefficient (Wildman–Crippen LogP) is 2.80. The van der Waals surface area contributed by atoms with Crippen LogP contribution in [0.2, 0.25) is 0 Å². The van der Waals surface area contributed by atoms with Gasteiger partial charge >= 0.3 is 6.61 Å². The Morgan fingerprint density at radius 1 is 1.25 bits per heavy atom. The lowest BCUT2D eigenvalue weighted by Gasteiger charge is -2.15. The van der Waals surface area contributed by atoms with Gasteiger partial charge in [-0.05, 0) is 49.4 Å². The number of para-hydroxylation sites is 1. The summed E-state index contributed by atoms with van der Waals surface area (Å²) >= 11 is 0. The monoisotopic (exact) mass is 408 g/mol. The highest BCUT2D eigenvalue weighted by molar-refractivity contribution is 7.89. The fraction of sp³-hybridized carbons (Fsp3) is 0.211. The fourth-order valence-corrected chi connectivity index (χ4v) is 3.74. The van der Waals surface area contributed by atoms with Gasteiger partial charge in [0.15, 0.2) is 0 Å². The van der Waals surface area contributed by atoms with E-state index in [9.17, 15) is 22.0 Å². The Morgan fingerprint density at radius 3 is 2.71 bits per heavy atom. The maximum Gasteiger partial charge on any atom is 0.387 e. The fourth-order valence-electron chi connectivity index (χ4n) is 2.96. The minimum Gasteiger partial charge on any atom is -0.434 e. The number of alkyl halides is 2. The highest BCUT2D eigenvalue weighted by Gasteiger charge is 2.25. The average molecular weight is 408 g/mol. The van der Waals surface area contributed by atoms with Crippen LogP contribution >= 0.6 is 0 Å². The molecule has 0 bridgehead atoms. The number of hydrogen-bond donors (Lipinski definition) is 1. The number of nitrogens with one attached hydrogen (secondary N) is 1. The van der Waals surface area contributed by atoms with Crippen LogP contribution in [-0.4, -0.2) is 34.5 Å². The number of fused-ring (bicyclic) bond motifs is 1. The molecule has 0 saturated carbocycles. The largest absolute Gasteiger partial charge is 0.434 e. The molecule has 0 atom stereocenters. The molecule has 148 valence electrons. The van der Waals surface area contributed by atoms with E-state index >= 15 is 0 Å². The molecule has 28 heavy (non-hydrogen) atoms. The smallest absolute Gasteiger partial charge is 0.387 e. The first kappa shape index (κ1) is 20.0. The minimum absolute atomic E-state index is 0.0229. The third kappa shape index (κ3) is 4.20. The van der Waals surface area contributed by atoms with Gasteiger partial charge < -0.3 is 9.64 Å². The first-order valence-corrected chi connectivity index (χ1v) is 9.90. The Kier molecular flexibility index (Phi) is 5.76. The molecule has 0 aromatic heterocycles. The van der Waals surface area contributed by atoms with Crippen LogP contribution in [0.25, 0.3) is 6.08 Å². The van der Waals surface area contributed by atoms with E-state index in [0.717, 1.165) is 5.56 Å². The number of nitrogens with zero attached hydrogens (tertiary/aromatic N) is 1. The van der Waals surface area contributed by atoms with Crippen molar-refractivity contribution in [1.29, 1.82) is 0 Å². The topological polar surface area (TPSA) is 75.7 Å². The summed E-state index contributed by atoms with van der Waals surface area (Å²) in [5.74, 6) is -0.361. The Morgan fingerprint density at radius 2 is 2.00 bits per heavy atom. The molecule has 3 rings (SSSR count). The van der Waals surface area contributed by atoms with Crippen molar-refractivity contribution in [3.05, 3.63) is 59.7 Å². The Labute approximate surface area is 161 Å². The van der Waals surface area contributed by atoms with Crippen LogP contribution in [0.15, 0.2) is 53.4 Å². The van der Waals surface area contributed by atoms with Gasteiger partial charge in [-0.3, -0.25) is 4.79 Å². The molecule has 2 aromatic rings. The zero-order chi connectivity index (χ0) is 20.3. The van der Waals surface area contributed by atoms with Crippen LogP contribution in [0.5, 0.6) is 5.75 Å². The molecule has 1 heterocycles. The van der Waals surface area contributed by atoms with E-state index in [1.165, 1.54) is 36.2 Å². The van der Waals surface area contributed by atoms with Gasteiger partial charge in [-0.15, -0.1) is 0 Å². The van der Waals surface area contributed by atoms with Gasteiger partial charge in [0.1, 0.15) is 5.75 Å². The van der Waals surface area contributed by atoms with Gasteiger partial charge in [-0.25, -0.2) is 13.1 Å². The van der Waals surface area contributed by atoms with Gasteiger partial charge in [0, 0.05) is 23.9 Å². The van der Waals surface area contributed by atoms with Crippen molar-refractivity contribution in [2.24, 2.45) is 0 Å². The lowest BCUT2D eigenvalue weighted by molar-refractivity contribution is -0.114. The molecule has 0 radical (unpaired) electrons. The highest BCUT2D eigenvalue weighted by Crippen LogP contribution is 2.30. The van der Waals surface area contributed by atoms with Gasteiger partial charge in [0.05, 0.1) is 4.90 Å². The van der Waals surface area contributed by atoms with Crippen LogP contribution in [0.4, 0.5) is 14.5 Å². The molecule has 9 heteroatoms. The van der Waals surface area contributed by atoms with Crippen LogP contribution in [-0.2, 0) is 21.2 Å². The van der Waals surface area contributed by atoms with Crippen molar-refractivity contribution in [2.45, 2.75) is 17.9 Å². The molecule has 0 fully saturated rings. The minimum atomic E-state index is -3.56. The summed E-state index contributed by atoms with van der Waals surface area (Å²) in [7, 11) is -2.23. The number of ether oxygens (including phenoxy) is 1. The Bertz CT molecular complexity index is 1020. The first-order valence-electron chi connectivity index (χ1n) is 8.42. The second-order valence-electron chi connectivity index (χ2n) is 5.99. The van der Waals surface area contributed by atoms with Gasteiger partial charge in [-0.2, -0.15) is 8.78 Å². The van der Waals surface area contributed by atoms with E-state index in [4.69, 9.17) is 0 Å². The Balaban J connectivity index is 1.81. The number of carbonyl (C=O) groups is 1. The van der Waals surface area contributed by atoms with E-state index in [2.05, 4.69) is 9.46 Å². The molecule has 1 N–H and O–H groups in total. The normalized spacial score (nSPS) is 13.9. The zero-order valence-corrected chi connectivity index (χ0v) is 15.7. The van der Waals surface area contributed by atoms with Crippen LogP contribution < -0.4 is 14.4 Å². The molecule has 0 spiro atoms. The number of halogens is 2. The van der Waals surface area contributed by atoms with Crippen molar-refractivity contribution in [1.82, 2.24) is 4.72 Å². The molecule has 1 aliphatic heterocycles. The summed E-state index contributed by atoms with van der Waals surface area (Å²) in [6, 6.07) is 10.7. The Hall–Kier alpha value is -2.78. The predicted molar refractivity (Wildman–Crippen MR) is 101 cm³/mol. The summed E-state index contributed by atoms with van der Waals surface area (Å²) in [5, 5.41) is 0. The number of anilines is 1. The summed E-state index contributed by atoms with van der Waals surface area (Å²) in [4.78, 5) is 14.2. The lowest BCUT2D eigenvalue weighted by Crippen LogP contribution is -2.26. The van der Waals surface area contributed by atoms with E-state index in [-0.39, 0.29) is 16.6 Å². The summed E-state index contributed by atoms with van der Waals surface area (Å²) in [6.07, 6.45) is 3.21. The van der Waals surface area contributed by atoms with Gasteiger partial charge in [0.25, 0.3) is 5.91 Å². The van der Waals surface area contributed by atoms with E-state index in [1.807, 2.05) is 0 Å². The van der Waals surface area contributed by atoms with Crippen molar-refractivity contribution < 1.29 is 26.7 Å². The van der Waals surface area contributed by atoms with E-state index in [1.54, 1.807) is 30.3 Å². The lowest BCUT2D eigenvalue weighted by atomic mass is 10.1. The first-order chi connectivity index (χ1) is 13.3. The number of rotatable bonds is 6. The van der Waals surface area contributed by atoms with Gasteiger partial charge in [-0.1, -0.05) is 18.2 Å². The summed E-state index contributed by atoms with van der Waals surface area (Å²) < 4.78 is 55.5. The molecular weight excluding hydrogens is 390 g/mol. The maximum atomic E-state index is 12.6. The quantitative estimate of drug-likeness (QED) is 0.746. The van der Waals surface area contributed by atoms with E-state index in [0.29, 0.717) is 24.2 Å². The molecule has 1 amide bonds. The van der Waals surface area contributed by atoms with Gasteiger partial charge in [0.2, 0.25) is 10.0 Å². The SMILES string of the molecule is CNS(=O)(=O)c1ccc2c(c1)CCN2C(=O)/C=C/c1ccccc1OC(F)F. The van der Waals surface area contributed by atoms with Crippen molar-refractivity contribution in [3.8, 4) is 5.75 Å². The molecule has 6 nitrogen and oxygen atoms in total. The van der Waals surface area contributed by atoms with Crippen molar-refractivity contribution >= 4 is 27.7 Å². The second kappa shape index (κ2) is 8.07. The summed E-state index contributed by atoms with van der Waals surface area (Å²) in [6.45, 7) is -2.56. The third-order valence-electron chi connectivity index (χ3n) is 4.33. The molecule has 1 aliphatic rings. The highest BCUT2D eigenvalue weighted by atomic mass is 32.2. The number of hydrogen-bond acceptors (Lipinski definition) is 4. The van der Waals surface area contributed by atoms with E-state index < -0.39 is 16.6 Å². The van der Waals surface area contributed by atoms with Crippen molar-refractivity contribution in [3.63, 3.8) is 0 Å². The number of sulfonamides is 1. The number of benzene rings is 2. The summed E-state index contributed by atoms with van der Waals surface area (Å²) in [5.41, 5.74) is 1.73. The molecule has 2 aromatic carbocycles. The van der Waals surface area contributed by atoms with Crippen LogP contribution in [0, 0.1) is 0 Å². The maximum absolute atomic E-state index is 12.6. The molecule has 0 unspecified atom stereocenters. The molecule has 0 saturated heterocycles. The second-order valence-corrected chi connectivity index (χ2v) is 7.87. The molecular formula is C19H18F2N2O4S.